The Kier molecular flexibility index (Phi) is 31.3. The van der Waals surface area contributed by atoms with Gasteiger partial charge in [0.05, 0.1) is 28.4 Å². The lowest BCUT2D eigenvalue weighted by Gasteiger charge is -2.00. The van der Waals surface area contributed by atoms with Crippen molar-refractivity contribution < 1.29 is 47.7 Å². The van der Waals surface area contributed by atoms with E-state index in [-0.39, 0.29) is 26.4 Å². The molecule has 6 heterocycles. The Bertz CT molecular complexity index is 3520. The summed E-state index contributed by atoms with van der Waals surface area (Å²) in [4.78, 5) is 138. The summed E-state index contributed by atoms with van der Waals surface area (Å²) in [6.07, 6.45) is 19.8. The van der Waals surface area contributed by atoms with E-state index in [9.17, 15) is 57.5 Å². The first-order chi connectivity index (χ1) is 40.8. The van der Waals surface area contributed by atoms with Gasteiger partial charge in [0.2, 0.25) is 0 Å². The van der Waals surface area contributed by atoms with E-state index in [2.05, 4.69) is 81.5 Å². The van der Waals surface area contributed by atoms with Crippen LogP contribution in [0.15, 0.2) is 65.2 Å². The van der Waals surface area contributed by atoms with Crippen molar-refractivity contribution in [2.45, 2.75) is 126 Å². The molecule has 0 bridgehead atoms. The zero-order chi connectivity index (χ0) is 62.3. The van der Waals surface area contributed by atoms with E-state index in [4.69, 9.17) is 0 Å². The molecular weight excluding hydrogens is 1160 g/mol. The summed E-state index contributed by atoms with van der Waals surface area (Å²) in [5.41, 5.74) is -2.79. The lowest BCUT2D eigenvalue weighted by Crippen LogP contribution is -2.24. The van der Waals surface area contributed by atoms with Crippen LogP contribution in [-0.2, 0) is 87.0 Å². The van der Waals surface area contributed by atoms with E-state index in [1.807, 2.05) is 0 Å². The number of ether oxygens (including phenoxy) is 4. The van der Waals surface area contributed by atoms with E-state index in [1.54, 1.807) is 0 Å². The van der Waals surface area contributed by atoms with Crippen LogP contribution in [0.3, 0.4) is 0 Å². The maximum absolute atomic E-state index is 12.0. The SMILES string of the molecule is C.C.COC(=O)/C=C/n1nnn(CCCCCn2nnn(/C=C/C(C)=O)c2=O)c1=O.COC(=O)/C=C\n1nnn(CCCCCn2nnn(/C=C/C(C)=O)c2=O)c1=O.COC(=O)/C=C\n1nnn(CCCCCn2nnn(/C=C\C(=O)OC)c2=O)c1=O. The van der Waals surface area contributed by atoms with Gasteiger partial charge in [-0.1, -0.05) is 14.9 Å². The largest absolute Gasteiger partial charge is 0.466 e. The second kappa shape index (κ2) is 37.9. The number of ketones is 2. The van der Waals surface area contributed by atoms with Gasteiger partial charge in [0.1, 0.15) is 0 Å². The molecule has 0 fully saturated rings. The zero-order valence-corrected chi connectivity index (χ0v) is 46.8. The number of carbonyl (C=O) groups is 6. The van der Waals surface area contributed by atoms with Crippen molar-refractivity contribution in [1.29, 1.82) is 0 Å². The minimum Gasteiger partial charge on any atom is -0.466 e. The molecular formula is C47H68N24O16. The van der Waals surface area contributed by atoms with Crippen molar-refractivity contribution in [2.24, 2.45) is 0 Å². The summed E-state index contributed by atoms with van der Waals surface area (Å²) in [5.74, 6) is -2.83. The normalized spacial score (nSPS) is 11.2. The molecule has 472 valence electrons. The molecule has 0 aliphatic rings. The Balaban J connectivity index is 0.000000440. The molecule has 0 aliphatic heterocycles. The first-order valence-corrected chi connectivity index (χ1v) is 25.4. The smallest absolute Gasteiger partial charge is 0.367 e. The molecule has 40 heteroatoms. The summed E-state index contributed by atoms with van der Waals surface area (Å²) in [7, 11) is 4.90. The molecule has 6 aromatic rings. The third-order valence-electron chi connectivity index (χ3n) is 10.8. The number of aryl methyl sites for hydroxylation is 6. The molecule has 0 unspecified atom stereocenters. The number of methoxy groups -OCH3 is 4. The zero-order valence-electron chi connectivity index (χ0n) is 46.8. The summed E-state index contributed by atoms with van der Waals surface area (Å²) < 4.78 is 30.5. The van der Waals surface area contributed by atoms with Gasteiger partial charge in [-0.15, -0.1) is 0 Å². The van der Waals surface area contributed by atoms with Gasteiger partial charge >= 0.3 is 58.0 Å². The van der Waals surface area contributed by atoms with Gasteiger partial charge in [0, 0.05) is 101 Å². The average molecular weight is 1230 g/mol. The van der Waals surface area contributed by atoms with Crippen molar-refractivity contribution in [3.05, 3.63) is 99.4 Å². The monoisotopic (exact) mass is 1220 g/mol. The van der Waals surface area contributed by atoms with Crippen LogP contribution in [0.2, 0.25) is 0 Å². The quantitative estimate of drug-likeness (QED) is 0.0190. The second-order valence-corrected chi connectivity index (χ2v) is 17.0. The molecule has 0 saturated carbocycles. The number of carbonyl (C=O) groups excluding carboxylic acids is 6. The Labute approximate surface area is 491 Å². The van der Waals surface area contributed by atoms with Crippen LogP contribution in [0.4, 0.5) is 0 Å². The fourth-order valence-corrected chi connectivity index (χ4v) is 6.37. The van der Waals surface area contributed by atoms with Crippen LogP contribution >= 0.6 is 0 Å². The first kappa shape index (κ1) is 72.0. The molecule has 87 heavy (non-hydrogen) atoms. The van der Waals surface area contributed by atoms with Gasteiger partial charge in [0.15, 0.2) is 11.6 Å². The third-order valence-corrected chi connectivity index (χ3v) is 10.8. The number of hydrogen-bond acceptors (Lipinski definition) is 28. The van der Waals surface area contributed by atoms with Gasteiger partial charge in [0.25, 0.3) is 0 Å². The summed E-state index contributed by atoms with van der Waals surface area (Å²) in [6, 6.07) is 0. The van der Waals surface area contributed by atoms with Crippen molar-refractivity contribution in [3.63, 3.8) is 0 Å². The number of hydrogen-bond donors (Lipinski definition) is 0. The Hall–Kier alpha value is -11.1. The van der Waals surface area contributed by atoms with E-state index in [1.165, 1.54) is 120 Å². The van der Waals surface area contributed by atoms with Crippen LogP contribution in [0.1, 0.15) is 86.5 Å². The highest BCUT2D eigenvalue weighted by atomic mass is 16.5. The van der Waals surface area contributed by atoms with Crippen molar-refractivity contribution >= 4 is 72.6 Å². The summed E-state index contributed by atoms with van der Waals surface area (Å²) in [6.45, 7) is 4.79. The predicted octanol–water partition coefficient (Wildman–Crippen LogP) is -2.84. The van der Waals surface area contributed by atoms with Crippen LogP contribution in [0, 0.1) is 0 Å². The van der Waals surface area contributed by atoms with Crippen LogP contribution < -0.4 is 34.1 Å². The molecule has 6 aromatic heterocycles. The molecule has 40 nitrogen and oxygen atoms in total. The van der Waals surface area contributed by atoms with E-state index >= 15 is 0 Å². The van der Waals surface area contributed by atoms with Crippen molar-refractivity contribution in [2.75, 3.05) is 28.4 Å². The number of allylic oxidation sites excluding steroid dienone is 2. The third kappa shape index (κ3) is 23.9. The van der Waals surface area contributed by atoms with Crippen molar-refractivity contribution in [1.82, 2.24) is 119 Å². The lowest BCUT2D eigenvalue weighted by molar-refractivity contribution is -0.135. The molecule has 0 aromatic carbocycles. The van der Waals surface area contributed by atoms with E-state index in [0.29, 0.717) is 97.1 Å². The number of unbranched alkanes of at least 4 members (excludes halogenated alkanes) is 6. The van der Waals surface area contributed by atoms with Crippen LogP contribution in [-0.4, -0.2) is 183 Å². The maximum atomic E-state index is 12.0. The van der Waals surface area contributed by atoms with Gasteiger partial charge < -0.3 is 18.9 Å². The molecule has 6 rings (SSSR count). The lowest BCUT2D eigenvalue weighted by atomic mass is 10.2. The molecule has 0 aliphatic carbocycles. The summed E-state index contributed by atoms with van der Waals surface area (Å²) in [5, 5.41) is 44.2. The van der Waals surface area contributed by atoms with Gasteiger partial charge in [-0.25, -0.2) is 47.9 Å². The Morgan fingerprint density at radius 1 is 0.287 bits per heavy atom. The van der Waals surface area contributed by atoms with Gasteiger partial charge in [-0.05, 0) is 146 Å². The molecule has 0 saturated heterocycles. The Morgan fingerprint density at radius 2 is 0.448 bits per heavy atom. The maximum Gasteiger partial charge on any atom is 0.367 e. The van der Waals surface area contributed by atoms with E-state index < -0.39 is 58.0 Å². The highest BCUT2D eigenvalue weighted by molar-refractivity contribution is 5.90. The summed E-state index contributed by atoms with van der Waals surface area (Å²) >= 11 is 0. The number of esters is 4. The standard InChI is InChI=1S/C15H20N8O6.2C15H20N8O5.2CH4/c1-28-12(24)6-10-22-14(26)20(16-18-22)8-4-3-5-9-21-15(27)23(19-17-21)11-7-13(25)29-2;2*1-12(24)6-10-22-14(26)20(16-18-22)8-4-3-5-9-21-15(27)23(19-17-21)11-7-13(25)28-2;;/h6-7,10-11H,3-5,8-9H2,1-2H3;2*6-7,10-11H,3-5,8-9H2,1-2H3;2*1H4/b10-6-,11-7-;10-6+,11-7+;10-6+,11-7-;;. The fourth-order valence-electron chi connectivity index (χ4n) is 6.37. The first-order valence-electron chi connectivity index (χ1n) is 25.4. The Morgan fingerprint density at radius 3 is 0.598 bits per heavy atom. The second-order valence-electron chi connectivity index (χ2n) is 17.0. The van der Waals surface area contributed by atoms with Gasteiger partial charge in [-0.2, -0.15) is 56.2 Å². The van der Waals surface area contributed by atoms with Crippen LogP contribution in [0.5, 0.6) is 0 Å². The predicted molar refractivity (Wildman–Crippen MR) is 302 cm³/mol. The highest BCUT2D eigenvalue weighted by Gasteiger charge is 2.11. The van der Waals surface area contributed by atoms with Crippen molar-refractivity contribution in [3.8, 4) is 0 Å². The number of tetrazole rings is 6. The minimum atomic E-state index is -0.612. The number of rotatable bonds is 30. The average Bonchev–Trinajstić information content (AvgIpc) is 4.59. The van der Waals surface area contributed by atoms with Crippen LogP contribution in [0.25, 0.3) is 37.2 Å². The molecule has 0 atom stereocenters. The fraction of sp³-hybridized carbons (Fsp3) is 0.489. The highest BCUT2D eigenvalue weighted by Crippen LogP contribution is 2.01. The number of nitrogens with zero attached hydrogens (tertiary/aromatic N) is 24. The topological polar surface area (TPSA) is 456 Å². The minimum absolute atomic E-state index is 0. The van der Waals surface area contributed by atoms with Gasteiger partial charge in [-0.3, -0.25) is 9.59 Å². The van der Waals surface area contributed by atoms with E-state index in [0.717, 1.165) is 52.4 Å². The molecule has 0 amide bonds. The molecule has 0 radical (unpaired) electrons. The molecule has 0 spiro atoms. The number of aromatic nitrogens is 24. The molecule has 0 N–H and O–H groups in total.